The van der Waals surface area contributed by atoms with Gasteiger partial charge < -0.3 is 28.8 Å². The Kier molecular flexibility index (Phi) is 7.08. The summed E-state index contributed by atoms with van der Waals surface area (Å²) in [6.45, 7) is 6.40. The average molecular weight is 642 g/mol. The van der Waals surface area contributed by atoms with Crippen LogP contribution in [-0.4, -0.2) is 78.7 Å². The van der Waals surface area contributed by atoms with E-state index >= 15 is 0 Å². The average Bonchev–Trinajstić information content (AvgIpc) is 3.86. The number of nitrogens with zero attached hydrogens (tertiary/aromatic N) is 7. The zero-order valence-corrected chi connectivity index (χ0v) is 25.9. The highest BCUT2D eigenvalue weighted by Gasteiger charge is 2.46. The third kappa shape index (κ3) is 5.02. The molecular formula is C33H32ClN7O5. The summed E-state index contributed by atoms with van der Waals surface area (Å²) in [5, 5.41) is 14.6. The summed E-state index contributed by atoms with van der Waals surface area (Å²) in [5.74, 6) is 0.202. The van der Waals surface area contributed by atoms with Crippen LogP contribution < -0.4 is 14.4 Å². The molecule has 0 bridgehead atoms. The number of carboxylic acid groups (broad SMARTS) is 1. The van der Waals surface area contributed by atoms with Crippen molar-refractivity contribution in [3.05, 3.63) is 95.3 Å². The highest BCUT2D eigenvalue weighted by molar-refractivity contribution is 6.30. The van der Waals surface area contributed by atoms with Gasteiger partial charge in [-0.2, -0.15) is 5.10 Å². The van der Waals surface area contributed by atoms with Crippen LogP contribution in [0.1, 0.15) is 28.8 Å². The van der Waals surface area contributed by atoms with E-state index in [-0.39, 0.29) is 17.6 Å². The first kappa shape index (κ1) is 28.8. The van der Waals surface area contributed by atoms with Gasteiger partial charge in [0.1, 0.15) is 11.5 Å². The number of pyridine rings is 1. The number of fused-ring (bicyclic) bond motifs is 3. The van der Waals surface area contributed by atoms with Gasteiger partial charge in [0, 0.05) is 45.1 Å². The van der Waals surface area contributed by atoms with Crippen LogP contribution in [0.15, 0.2) is 73.2 Å². The maximum atomic E-state index is 11.8. The number of para-hydroxylation sites is 1. The molecule has 0 radical (unpaired) electrons. The predicted molar refractivity (Wildman–Crippen MR) is 169 cm³/mol. The molecule has 0 amide bonds. The minimum atomic E-state index is -1.08. The Morgan fingerprint density at radius 1 is 1.07 bits per heavy atom. The van der Waals surface area contributed by atoms with Crippen LogP contribution in [0.3, 0.4) is 0 Å². The second-order valence-electron chi connectivity index (χ2n) is 11.9. The van der Waals surface area contributed by atoms with Crippen molar-refractivity contribution in [3.63, 3.8) is 0 Å². The van der Waals surface area contributed by atoms with Gasteiger partial charge >= 0.3 is 5.97 Å². The summed E-state index contributed by atoms with van der Waals surface area (Å²) < 4.78 is 22.9. The molecule has 3 atom stereocenters. The molecule has 8 rings (SSSR count). The Bertz CT molecular complexity index is 1910. The van der Waals surface area contributed by atoms with Crippen molar-refractivity contribution in [1.82, 2.24) is 29.2 Å². The van der Waals surface area contributed by atoms with Crippen molar-refractivity contribution in [1.29, 1.82) is 0 Å². The first-order valence-corrected chi connectivity index (χ1v) is 15.7. The molecule has 236 valence electrons. The van der Waals surface area contributed by atoms with E-state index in [0.717, 1.165) is 35.6 Å². The number of imidazole rings is 1. The summed E-state index contributed by atoms with van der Waals surface area (Å²) in [7, 11) is 0. The van der Waals surface area contributed by atoms with Crippen LogP contribution in [0.25, 0.3) is 11.0 Å². The number of hydrogen-bond acceptors (Lipinski definition) is 9. The molecule has 3 aliphatic rings. The van der Waals surface area contributed by atoms with Gasteiger partial charge in [-0.25, -0.2) is 9.78 Å². The molecule has 2 saturated heterocycles. The topological polar surface area (TPSA) is 120 Å². The van der Waals surface area contributed by atoms with Gasteiger partial charge in [0.15, 0.2) is 11.5 Å². The molecule has 0 aliphatic carbocycles. The number of rotatable bonds is 8. The Balaban J connectivity index is 1.06. The zero-order chi connectivity index (χ0) is 31.4. The monoisotopic (exact) mass is 641 g/mol. The molecule has 13 heteroatoms. The lowest BCUT2D eigenvalue weighted by Gasteiger charge is -2.44. The third-order valence-electron chi connectivity index (χ3n) is 9.11. The molecule has 12 nitrogen and oxygen atoms in total. The molecule has 46 heavy (non-hydrogen) atoms. The van der Waals surface area contributed by atoms with Gasteiger partial charge in [0.05, 0.1) is 65.7 Å². The van der Waals surface area contributed by atoms with Crippen LogP contribution in [-0.2, 0) is 30.2 Å². The third-order valence-corrected chi connectivity index (χ3v) is 9.33. The normalized spacial score (nSPS) is 22.4. The fourth-order valence-corrected chi connectivity index (χ4v) is 6.93. The first-order valence-electron chi connectivity index (χ1n) is 15.3. The van der Waals surface area contributed by atoms with E-state index in [9.17, 15) is 9.90 Å². The summed E-state index contributed by atoms with van der Waals surface area (Å²) in [5.41, 5.74) is 3.41. The molecule has 3 aliphatic heterocycles. The molecule has 3 aromatic heterocycles. The molecular weight excluding hydrogens is 610 g/mol. The van der Waals surface area contributed by atoms with Crippen molar-refractivity contribution in [2.24, 2.45) is 0 Å². The fourth-order valence-electron chi connectivity index (χ4n) is 6.82. The summed E-state index contributed by atoms with van der Waals surface area (Å²) in [6, 6.07) is 16.8. The number of ether oxygens (including phenoxy) is 3. The Morgan fingerprint density at radius 3 is 2.76 bits per heavy atom. The fraction of sp³-hybridized carbons (Fsp3) is 0.333. The molecule has 0 spiro atoms. The predicted octanol–water partition coefficient (Wildman–Crippen LogP) is 4.41. The summed E-state index contributed by atoms with van der Waals surface area (Å²) in [4.78, 5) is 26.0. The second kappa shape index (κ2) is 11.3. The Labute approximate surface area is 269 Å². The number of carboxylic acids is 1. The van der Waals surface area contributed by atoms with Gasteiger partial charge in [-0.05, 0) is 48.5 Å². The maximum Gasteiger partial charge on any atom is 0.335 e. The minimum Gasteiger partial charge on any atom is -0.478 e. The number of hydrogen-bond donors (Lipinski definition) is 1. The van der Waals surface area contributed by atoms with Gasteiger partial charge in [-0.1, -0.05) is 17.7 Å². The molecule has 6 heterocycles. The highest BCUT2D eigenvalue weighted by atomic mass is 35.5. The van der Waals surface area contributed by atoms with E-state index < -0.39 is 11.8 Å². The van der Waals surface area contributed by atoms with Gasteiger partial charge in [0.25, 0.3) is 5.79 Å². The van der Waals surface area contributed by atoms with E-state index in [1.165, 1.54) is 0 Å². The lowest BCUT2D eigenvalue weighted by atomic mass is 10.0. The quantitative estimate of drug-likeness (QED) is 0.261. The van der Waals surface area contributed by atoms with E-state index in [1.807, 2.05) is 42.1 Å². The maximum absolute atomic E-state index is 11.8. The van der Waals surface area contributed by atoms with Crippen molar-refractivity contribution in [3.8, 4) is 11.5 Å². The number of aryl methyl sites for hydroxylation is 2. The molecule has 1 N–H and O–H groups in total. The van der Waals surface area contributed by atoms with E-state index in [0.29, 0.717) is 55.1 Å². The highest BCUT2D eigenvalue weighted by Crippen LogP contribution is 2.50. The smallest absolute Gasteiger partial charge is 0.335 e. The largest absolute Gasteiger partial charge is 0.478 e. The van der Waals surface area contributed by atoms with Crippen LogP contribution >= 0.6 is 11.6 Å². The number of benzene rings is 2. The Hall–Kier alpha value is -4.65. The van der Waals surface area contributed by atoms with Crippen molar-refractivity contribution < 1.29 is 24.1 Å². The lowest BCUT2D eigenvalue weighted by Crippen LogP contribution is -2.59. The molecule has 5 aromatic rings. The molecule has 0 saturated carbocycles. The van der Waals surface area contributed by atoms with Crippen LogP contribution in [0.4, 0.5) is 5.69 Å². The molecule has 2 fully saturated rings. The minimum absolute atomic E-state index is 0.0879. The lowest BCUT2D eigenvalue weighted by molar-refractivity contribution is -0.0716. The molecule has 0 unspecified atom stereocenters. The number of aromatic carboxylic acids is 1. The number of piperazine rings is 1. The van der Waals surface area contributed by atoms with Crippen molar-refractivity contribution >= 4 is 34.3 Å². The summed E-state index contributed by atoms with van der Waals surface area (Å²) >= 11 is 6.08. The van der Waals surface area contributed by atoms with Crippen LogP contribution in [0.2, 0.25) is 5.02 Å². The zero-order valence-electron chi connectivity index (χ0n) is 25.1. The number of anilines is 1. The number of carbonyl (C=O) groups is 1. The first-order chi connectivity index (χ1) is 22.4. The Morgan fingerprint density at radius 2 is 1.96 bits per heavy atom. The van der Waals surface area contributed by atoms with E-state index in [2.05, 4.69) is 30.5 Å². The van der Waals surface area contributed by atoms with Gasteiger partial charge in [-0.15, -0.1) is 0 Å². The van der Waals surface area contributed by atoms with E-state index in [4.69, 9.17) is 30.8 Å². The SMILES string of the molecule is C[C@]1(c2ccc(Cl)cn2)Oc2cccc(N3CCN(Cc4nc5ccc(C(=O)O)cc5n4CCn4cccn4)[C@@H]4COC[C@@H]43)c2O1. The van der Waals surface area contributed by atoms with Crippen LogP contribution in [0.5, 0.6) is 11.5 Å². The van der Waals surface area contributed by atoms with Crippen molar-refractivity contribution in [2.75, 3.05) is 31.2 Å². The second-order valence-corrected chi connectivity index (χ2v) is 12.3. The van der Waals surface area contributed by atoms with Crippen LogP contribution in [0, 0.1) is 0 Å². The van der Waals surface area contributed by atoms with E-state index in [1.54, 1.807) is 36.7 Å². The standard InChI is InChI=1S/C33H32ClN7O5/c1-33(29-9-7-22(34)17-35-29)45-28-5-2-4-24(31(28)46-33)40-14-12-38(26-19-44-20-27(26)40)18-30-37-23-8-6-21(32(42)43)16-25(23)41(30)15-13-39-11-3-10-36-39/h2-11,16-17,26-27H,12-15,18-20H2,1H3,(H,42,43)/t26-,27+,33+/m1/s1. The van der Waals surface area contributed by atoms with Gasteiger partial charge in [-0.3, -0.25) is 14.6 Å². The number of halogens is 1. The molecule has 2 aromatic carbocycles. The van der Waals surface area contributed by atoms with Gasteiger partial charge in [0.2, 0.25) is 0 Å². The number of aromatic nitrogens is 5. The van der Waals surface area contributed by atoms with Crippen molar-refractivity contribution in [2.45, 2.75) is 44.4 Å². The summed E-state index contributed by atoms with van der Waals surface area (Å²) in [6.07, 6.45) is 5.27.